The van der Waals surface area contributed by atoms with Crippen LogP contribution in [0.2, 0.25) is 0 Å². The van der Waals surface area contributed by atoms with Gasteiger partial charge in [0.1, 0.15) is 0 Å². The number of nitrogens with one attached hydrogen (secondary N) is 1. The fourth-order valence-electron chi connectivity index (χ4n) is 7.62. The molecule has 1 aromatic rings. The summed E-state index contributed by atoms with van der Waals surface area (Å²) >= 11 is 0. The van der Waals surface area contributed by atoms with Crippen LogP contribution in [0.25, 0.3) is 0 Å². The van der Waals surface area contributed by atoms with E-state index in [2.05, 4.69) is 5.32 Å². The Morgan fingerprint density at radius 2 is 1.48 bits per heavy atom. The van der Waals surface area contributed by atoms with Crippen molar-refractivity contribution in [3.8, 4) is 0 Å². The van der Waals surface area contributed by atoms with Gasteiger partial charge in [-0.3, -0.25) is 14.4 Å². The minimum Gasteiger partial charge on any atom is -0.353 e. The van der Waals surface area contributed by atoms with Crippen molar-refractivity contribution < 1.29 is 14.4 Å². The Kier molecular flexibility index (Phi) is 6.32. The highest BCUT2D eigenvalue weighted by molar-refractivity contribution is 5.98. The van der Waals surface area contributed by atoms with Crippen molar-refractivity contribution in [2.45, 2.75) is 83.6 Å². The van der Waals surface area contributed by atoms with Crippen molar-refractivity contribution >= 4 is 17.6 Å². The molecule has 1 aromatic carbocycles. The lowest BCUT2D eigenvalue weighted by atomic mass is 9.49. The maximum absolute atomic E-state index is 13.1. The smallest absolute Gasteiger partial charge is 0.223 e. The van der Waals surface area contributed by atoms with E-state index in [4.69, 9.17) is 0 Å². The second kappa shape index (κ2) is 9.23. The first-order valence-electron chi connectivity index (χ1n) is 13.0. The fourth-order valence-corrected chi connectivity index (χ4v) is 7.62. The normalized spacial score (nSPS) is 30.9. The van der Waals surface area contributed by atoms with Crippen molar-refractivity contribution in [2.24, 2.45) is 23.2 Å². The maximum Gasteiger partial charge on any atom is 0.223 e. The molecule has 1 heterocycles. The first kappa shape index (κ1) is 22.6. The lowest BCUT2D eigenvalue weighted by Gasteiger charge is -2.57. The Morgan fingerprint density at radius 1 is 0.909 bits per heavy atom. The van der Waals surface area contributed by atoms with Gasteiger partial charge >= 0.3 is 0 Å². The zero-order chi connectivity index (χ0) is 23.0. The second-order valence-corrected chi connectivity index (χ2v) is 11.6. The number of carbonyl (C=O) groups excluding carboxylic acids is 3. The maximum atomic E-state index is 13.1. The van der Waals surface area contributed by atoms with Crippen LogP contribution in [-0.2, 0) is 9.59 Å². The quantitative estimate of drug-likeness (QED) is 0.614. The molecule has 0 unspecified atom stereocenters. The standard InChI is InChI=1S/C28H38N2O3/c1-19-2-4-23(5-3-19)25(31)6-7-26(32)29-24-8-10-30(11-9-24)27(33)18-28-15-20-12-21(16-28)14-22(13-20)17-28/h2-5,20-22,24H,6-18H2,1H3,(H,29,32). The summed E-state index contributed by atoms with van der Waals surface area (Å²) in [6.07, 6.45) is 10.9. The first-order valence-corrected chi connectivity index (χ1v) is 13.0. The summed E-state index contributed by atoms with van der Waals surface area (Å²) in [6, 6.07) is 7.60. The van der Waals surface area contributed by atoms with E-state index in [1.165, 1.54) is 38.5 Å². The Bertz CT molecular complexity index is 863. The Morgan fingerprint density at radius 3 is 2.06 bits per heavy atom. The molecule has 5 nitrogen and oxygen atoms in total. The van der Waals surface area contributed by atoms with Crippen LogP contribution in [0.1, 0.15) is 86.6 Å². The lowest BCUT2D eigenvalue weighted by Crippen LogP contribution is -2.50. The Balaban J connectivity index is 1.04. The Labute approximate surface area is 197 Å². The van der Waals surface area contributed by atoms with Crippen LogP contribution < -0.4 is 5.32 Å². The van der Waals surface area contributed by atoms with Crippen molar-refractivity contribution in [2.75, 3.05) is 13.1 Å². The van der Waals surface area contributed by atoms with Crippen LogP contribution in [0, 0.1) is 30.1 Å². The number of benzene rings is 1. The molecule has 0 radical (unpaired) electrons. The van der Waals surface area contributed by atoms with Crippen LogP contribution in [0.5, 0.6) is 0 Å². The predicted octanol–water partition coefficient (Wildman–Crippen LogP) is 4.67. The van der Waals surface area contributed by atoms with E-state index in [1.54, 1.807) is 0 Å². The number of likely N-dealkylation sites (tertiary alicyclic amines) is 1. The molecule has 4 saturated carbocycles. The average Bonchev–Trinajstić information content (AvgIpc) is 2.77. The third kappa shape index (κ3) is 5.17. The van der Waals surface area contributed by atoms with Gasteiger partial charge in [-0.15, -0.1) is 0 Å². The monoisotopic (exact) mass is 450 g/mol. The van der Waals surface area contributed by atoms with Crippen molar-refractivity contribution in [3.63, 3.8) is 0 Å². The van der Waals surface area contributed by atoms with Crippen molar-refractivity contribution in [1.82, 2.24) is 10.2 Å². The van der Waals surface area contributed by atoms with Gasteiger partial charge in [-0.25, -0.2) is 0 Å². The fraction of sp³-hybridized carbons (Fsp3) is 0.679. The number of aryl methyl sites for hydroxylation is 1. The summed E-state index contributed by atoms with van der Waals surface area (Å²) in [4.78, 5) is 39.9. The molecule has 4 bridgehead atoms. The lowest BCUT2D eigenvalue weighted by molar-refractivity contribution is -0.140. The SMILES string of the molecule is Cc1ccc(C(=O)CCC(=O)NC2CCN(C(=O)CC34CC5CC(CC(C5)C3)C4)CC2)cc1. The first-order chi connectivity index (χ1) is 15.9. The summed E-state index contributed by atoms with van der Waals surface area (Å²) < 4.78 is 0. The van der Waals surface area contributed by atoms with Crippen LogP contribution in [0.4, 0.5) is 0 Å². The van der Waals surface area contributed by atoms with Gasteiger partial charge in [0.05, 0.1) is 0 Å². The topological polar surface area (TPSA) is 66.5 Å². The molecule has 2 amide bonds. The van der Waals surface area contributed by atoms with Crippen LogP contribution >= 0.6 is 0 Å². The van der Waals surface area contributed by atoms with Gasteiger partial charge < -0.3 is 10.2 Å². The van der Waals surface area contributed by atoms with Gasteiger partial charge in [0.25, 0.3) is 0 Å². The molecule has 5 fully saturated rings. The number of hydrogen-bond acceptors (Lipinski definition) is 3. The summed E-state index contributed by atoms with van der Waals surface area (Å²) in [5.74, 6) is 2.92. The van der Waals surface area contributed by atoms with E-state index in [9.17, 15) is 14.4 Å². The predicted molar refractivity (Wildman–Crippen MR) is 128 cm³/mol. The number of hydrogen-bond donors (Lipinski definition) is 1. The molecule has 1 aliphatic heterocycles. The minimum atomic E-state index is -0.0613. The molecule has 5 aliphatic rings. The van der Waals surface area contributed by atoms with E-state index in [0.717, 1.165) is 55.7 Å². The molecule has 0 atom stereocenters. The molecule has 178 valence electrons. The number of Topliss-reactive ketones (excluding diaryl/α,β-unsaturated/α-hetero) is 1. The number of amides is 2. The summed E-state index contributed by atoms with van der Waals surface area (Å²) in [5, 5.41) is 3.09. The van der Waals surface area contributed by atoms with E-state index in [1.807, 2.05) is 36.1 Å². The Hall–Kier alpha value is -2.17. The summed E-state index contributed by atoms with van der Waals surface area (Å²) in [7, 11) is 0. The molecule has 1 N–H and O–H groups in total. The van der Waals surface area contributed by atoms with E-state index in [-0.39, 0.29) is 30.6 Å². The highest BCUT2D eigenvalue weighted by Gasteiger charge is 2.51. The highest BCUT2D eigenvalue weighted by Crippen LogP contribution is 2.61. The van der Waals surface area contributed by atoms with Crippen molar-refractivity contribution in [1.29, 1.82) is 0 Å². The van der Waals surface area contributed by atoms with Gasteiger partial charge in [0.2, 0.25) is 11.8 Å². The molecule has 4 aliphatic carbocycles. The van der Waals surface area contributed by atoms with Gasteiger partial charge in [-0.05, 0) is 81.5 Å². The second-order valence-electron chi connectivity index (χ2n) is 11.6. The summed E-state index contributed by atoms with van der Waals surface area (Å²) in [5.41, 5.74) is 2.08. The van der Waals surface area contributed by atoms with E-state index >= 15 is 0 Å². The van der Waals surface area contributed by atoms with Crippen molar-refractivity contribution in [3.05, 3.63) is 35.4 Å². The van der Waals surface area contributed by atoms with Crippen LogP contribution in [0.3, 0.4) is 0 Å². The minimum absolute atomic E-state index is 0.00948. The molecule has 0 aromatic heterocycles. The molecule has 5 heteroatoms. The number of rotatable bonds is 7. The van der Waals surface area contributed by atoms with E-state index < -0.39 is 0 Å². The molecule has 33 heavy (non-hydrogen) atoms. The number of ketones is 1. The average molecular weight is 451 g/mol. The number of carbonyl (C=O) groups is 3. The van der Waals surface area contributed by atoms with Gasteiger partial charge in [0, 0.05) is 44.0 Å². The number of nitrogens with zero attached hydrogens (tertiary/aromatic N) is 1. The molecule has 0 spiro atoms. The molecular weight excluding hydrogens is 412 g/mol. The third-order valence-corrected chi connectivity index (χ3v) is 8.86. The van der Waals surface area contributed by atoms with E-state index in [0.29, 0.717) is 16.9 Å². The summed E-state index contributed by atoms with van der Waals surface area (Å²) in [6.45, 7) is 3.46. The number of piperidine rings is 1. The zero-order valence-electron chi connectivity index (χ0n) is 20.0. The van der Waals surface area contributed by atoms with Gasteiger partial charge in [-0.1, -0.05) is 29.8 Å². The van der Waals surface area contributed by atoms with Gasteiger partial charge in [-0.2, -0.15) is 0 Å². The third-order valence-electron chi connectivity index (χ3n) is 8.86. The molecular formula is C28H38N2O3. The van der Waals surface area contributed by atoms with Gasteiger partial charge in [0.15, 0.2) is 5.78 Å². The van der Waals surface area contributed by atoms with Crippen LogP contribution in [-0.4, -0.2) is 41.6 Å². The largest absolute Gasteiger partial charge is 0.353 e. The highest BCUT2D eigenvalue weighted by atomic mass is 16.2. The molecule has 6 rings (SSSR count). The zero-order valence-corrected chi connectivity index (χ0v) is 20.0. The van der Waals surface area contributed by atoms with Crippen LogP contribution in [0.15, 0.2) is 24.3 Å². The molecule has 1 saturated heterocycles.